The smallest absolute Gasteiger partial charge is 0.343 e. The molecule has 140 valence electrons. The number of hydrogen-bond donors (Lipinski definition) is 3. The third-order valence-corrected chi connectivity index (χ3v) is 3.51. The summed E-state index contributed by atoms with van der Waals surface area (Å²) in [5.74, 6) is 0. The molecule has 0 aliphatic rings. The zero-order valence-electron chi connectivity index (χ0n) is 16.0. The molecule has 0 saturated carbocycles. The number of allylic oxidation sites excluding steroid dienone is 2. The Bertz CT molecular complexity index is 266. The second-order valence-corrected chi connectivity index (χ2v) is 6.98. The molecule has 0 unspecified atom stereocenters. The second-order valence-electron chi connectivity index (χ2n) is 5.95. The van der Waals surface area contributed by atoms with E-state index in [0.29, 0.717) is 0 Å². The Morgan fingerprint density at radius 2 is 1.08 bits per heavy atom. The zero-order valence-corrected chi connectivity index (χ0v) is 18.9. The van der Waals surface area contributed by atoms with Crippen LogP contribution in [0.2, 0.25) is 0 Å². The first-order valence-corrected chi connectivity index (χ1v) is 10.7. The maximum Gasteiger partial charge on any atom is 1.00 e. The predicted octanol–water partition coefficient (Wildman–Crippen LogP) is 2.93. The number of phosphoric acid groups is 1. The Hall–Kier alpha value is 0.850. The molecular weight excluding hydrogens is 334 g/mol. The fraction of sp³-hybridized carbons (Fsp3) is 0.833. The molecule has 0 aliphatic heterocycles. The molecule has 4 nitrogen and oxygen atoms in total. The monoisotopic (exact) mass is 372 g/mol. The average Bonchev–Trinajstić information content (AvgIpc) is 2.46. The number of hydrogen-bond acceptors (Lipinski definition) is 1. The Balaban J connectivity index is -0.000000639. The molecule has 0 rings (SSSR count). The van der Waals surface area contributed by atoms with Crippen molar-refractivity contribution >= 4 is 7.82 Å². The Labute approximate surface area is 172 Å². The quantitative estimate of drug-likeness (QED) is 0.144. The van der Waals surface area contributed by atoms with Crippen molar-refractivity contribution in [3.63, 3.8) is 0 Å². The third kappa shape index (κ3) is 43.4. The van der Waals surface area contributed by atoms with Gasteiger partial charge in [-0.1, -0.05) is 76.9 Å². The van der Waals surface area contributed by atoms with Gasteiger partial charge in [-0.15, -0.1) is 0 Å². The van der Waals surface area contributed by atoms with Gasteiger partial charge in [-0.05, 0) is 25.7 Å². The van der Waals surface area contributed by atoms with Crippen LogP contribution in [0.1, 0.15) is 96.8 Å². The van der Waals surface area contributed by atoms with Crippen molar-refractivity contribution in [3.05, 3.63) is 19.1 Å². The molecule has 0 aromatic carbocycles. The van der Waals surface area contributed by atoms with Crippen LogP contribution in [0, 0.1) is 6.92 Å². The van der Waals surface area contributed by atoms with E-state index in [1.54, 1.807) is 0 Å². The fourth-order valence-corrected chi connectivity index (χ4v) is 2.25. The summed E-state index contributed by atoms with van der Waals surface area (Å²) in [6, 6.07) is 0. The van der Waals surface area contributed by atoms with Gasteiger partial charge in [0.2, 0.25) is 0 Å². The first-order chi connectivity index (χ1) is 10.9. The van der Waals surface area contributed by atoms with Crippen LogP contribution < -0.4 is 29.6 Å². The minimum absolute atomic E-state index is 0. The van der Waals surface area contributed by atoms with Crippen LogP contribution in [-0.2, 0) is 4.57 Å². The molecule has 0 spiro atoms. The number of rotatable bonds is 14. The maximum absolute atomic E-state index is 8.88. The molecule has 24 heavy (non-hydrogen) atoms. The SMILES string of the molecule is O=P(O)(O)O.[CH2-]CCCCCCC/C=C\CCCCCCCC.[Na+]. The van der Waals surface area contributed by atoms with Gasteiger partial charge in [0.1, 0.15) is 0 Å². The fourth-order valence-electron chi connectivity index (χ4n) is 2.25. The predicted molar refractivity (Wildman–Crippen MR) is 99.1 cm³/mol. The summed E-state index contributed by atoms with van der Waals surface area (Å²) in [5, 5.41) is 0. The summed E-state index contributed by atoms with van der Waals surface area (Å²) in [6.45, 7) is 6.15. The van der Waals surface area contributed by atoms with E-state index in [4.69, 9.17) is 19.2 Å². The van der Waals surface area contributed by atoms with Crippen molar-refractivity contribution in [2.45, 2.75) is 96.8 Å². The van der Waals surface area contributed by atoms with Crippen molar-refractivity contribution in [1.29, 1.82) is 0 Å². The van der Waals surface area contributed by atoms with Gasteiger partial charge in [0.25, 0.3) is 0 Å². The first kappa shape index (κ1) is 29.6. The minimum atomic E-state index is -4.64. The standard InChI is InChI=1S/C18H35.Na.H3O4P/c1-3-5-7-9-11-13-15-17-18-16-14-12-10-8-6-4-2;;1-5(2,3)4/h17-18H,1,3-16H2,2H3;;(H3,1,2,3,4)/q-1;+1;/b18-17-;;. The van der Waals surface area contributed by atoms with E-state index < -0.39 is 7.82 Å². The molecule has 0 atom stereocenters. The minimum Gasteiger partial charge on any atom is -0.343 e. The van der Waals surface area contributed by atoms with Crippen molar-refractivity contribution in [1.82, 2.24) is 0 Å². The van der Waals surface area contributed by atoms with Gasteiger partial charge in [0.15, 0.2) is 0 Å². The zero-order chi connectivity index (χ0) is 17.8. The topological polar surface area (TPSA) is 77.8 Å². The number of unbranched alkanes of at least 4 members (excludes halogenated alkanes) is 12. The van der Waals surface area contributed by atoms with E-state index in [1.807, 2.05) is 0 Å². The van der Waals surface area contributed by atoms with Crippen LogP contribution in [0.4, 0.5) is 0 Å². The van der Waals surface area contributed by atoms with Crippen LogP contribution in [-0.4, -0.2) is 14.7 Å². The molecule has 0 radical (unpaired) electrons. The molecular formula is C18H38NaO4P. The van der Waals surface area contributed by atoms with Crippen molar-refractivity contribution in [3.8, 4) is 0 Å². The molecule has 0 aromatic heterocycles. The van der Waals surface area contributed by atoms with Gasteiger partial charge in [0, 0.05) is 0 Å². The van der Waals surface area contributed by atoms with Gasteiger partial charge in [-0.25, -0.2) is 4.57 Å². The van der Waals surface area contributed by atoms with E-state index in [-0.39, 0.29) is 29.6 Å². The molecule has 6 heteroatoms. The Morgan fingerprint density at radius 3 is 1.46 bits per heavy atom. The van der Waals surface area contributed by atoms with Crippen molar-refractivity contribution < 1.29 is 48.8 Å². The molecule has 0 heterocycles. The van der Waals surface area contributed by atoms with Crippen LogP contribution in [0.5, 0.6) is 0 Å². The first-order valence-electron chi connectivity index (χ1n) is 9.14. The second kappa shape index (κ2) is 23.9. The summed E-state index contributed by atoms with van der Waals surface area (Å²) < 4.78 is 8.88. The summed E-state index contributed by atoms with van der Waals surface area (Å²) in [4.78, 5) is 21.6. The van der Waals surface area contributed by atoms with Crippen molar-refractivity contribution in [2.75, 3.05) is 0 Å². The van der Waals surface area contributed by atoms with Gasteiger partial charge in [-0.3, -0.25) is 0 Å². The summed E-state index contributed by atoms with van der Waals surface area (Å²) in [5.41, 5.74) is 0. The van der Waals surface area contributed by atoms with E-state index in [9.17, 15) is 0 Å². The molecule has 0 aromatic rings. The Morgan fingerprint density at radius 1 is 0.750 bits per heavy atom. The van der Waals surface area contributed by atoms with E-state index in [1.165, 1.54) is 83.5 Å². The van der Waals surface area contributed by atoms with Gasteiger partial charge < -0.3 is 21.6 Å². The Kier molecular flexibility index (Phi) is 29.4. The average molecular weight is 372 g/mol. The van der Waals surface area contributed by atoms with Crippen LogP contribution >= 0.6 is 7.82 Å². The molecule has 0 fully saturated rings. The summed E-state index contributed by atoms with van der Waals surface area (Å²) in [7, 11) is -4.64. The van der Waals surface area contributed by atoms with E-state index >= 15 is 0 Å². The third-order valence-electron chi connectivity index (χ3n) is 3.51. The van der Waals surface area contributed by atoms with E-state index in [0.717, 1.165) is 6.42 Å². The maximum atomic E-state index is 8.88. The van der Waals surface area contributed by atoms with Crippen LogP contribution in [0.25, 0.3) is 0 Å². The van der Waals surface area contributed by atoms with Crippen molar-refractivity contribution in [2.24, 2.45) is 0 Å². The molecule has 0 saturated heterocycles. The van der Waals surface area contributed by atoms with Crippen LogP contribution in [0.3, 0.4) is 0 Å². The van der Waals surface area contributed by atoms with Crippen LogP contribution in [0.15, 0.2) is 12.2 Å². The van der Waals surface area contributed by atoms with Gasteiger partial charge in [0.05, 0.1) is 0 Å². The molecule has 0 aliphatic carbocycles. The normalized spacial score (nSPS) is 11.0. The largest absolute Gasteiger partial charge is 1.00 e. The summed E-state index contributed by atoms with van der Waals surface area (Å²) >= 11 is 0. The van der Waals surface area contributed by atoms with Gasteiger partial charge >= 0.3 is 37.4 Å². The summed E-state index contributed by atoms with van der Waals surface area (Å²) in [6.07, 6.45) is 23.8. The molecule has 0 amide bonds. The molecule has 0 bridgehead atoms. The molecule has 3 N–H and O–H groups in total. The van der Waals surface area contributed by atoms with E-state index in [2.05, 4.69) is 26.0 Å². The van der Waals surface area contributed by atoms with Gasteiger partial charge in [-0.2, -0.15) is 6.42 Å².